The van der Waals surface area contributed by atoms with Crippen molar-refractivity contribution in [2.45, 2.75) is 84.3 Å². The number of phenols is 1. The van der Waals surface area contributed by atoms with E-state index in [9.17, 15) is 5.11 Å². The quantitative estimate of drug-likeness (QED) is 0.389. The van der Waals surface area contributed by atoms with E-state index in [-0.39, 0.29) is 18.2 Å². The Morgan fingerprint density at radius 1 is 0.862 bits per heavy atom. The maximum absolute atomic E-state index is 9.38. The van der Waals surface area contributed by atoms with Crippen molar-refractivity contribution in [1.82, 2.24) is 16.0 Å². The summed E-state index contributed by atoms with van der Waals surface area (Å²) in [5.74, 6) is 1.76. The van der Waals surface area contributed by atoms with Crippen LogP contribution in [0.2, 0.25) is 0 Å². The standard InChI is InChI=1S/C22H37N5O.ClH/c1-4-5-6-7-8-9-10-11-16-23-20-25-21(27-22(2,3)26-20)24-17-18-12-14-19(28)15-13-18;/h12-15,28H,4-11,16-17H2,1-3H3,(H3,23,24,25,26,27);1H. The number of aromatic hydroxyl groups is 1. The van der Waals surface area contributed by atoms with Crippen LogP contribution in [0.15, 0.2) is 34.3 Å². The molecule has 0 aromatic heterocycles. The fourth-order valence-electron chi connectivity index (χ4n) is 3.17. The highest BCUT2D eigenvalue weighted by Crippen LogP contribution is 2.14. The minimum absolute atomic E-state index is 0. The number of unbranched alkanes of at least 4 members (excludes halogenated alkanes) is 7. The average molecular weight is 424 g/mol. The van der Waals surface area contributed by atoms with Gasteiger partial charge in [-0.15, -0.1) is 12.4 Å². The van der Waals surface area contributed by atoms with Crippen LogP contribution in [0.5, 0.6) is 5.75 Å². The molecule has 4 N–H and O–H groups in total. The van der Waals surface area contributed by atoms with Crippen LogP contribution in [0.3, 0.4) is 0 Å². The van der Waals surface area contributed by atoms with Crippen LogP contribution in [-0.2, 0) is 6.54 Å². The molecule has 0 bridgehead atoms. The van der Waals surface area contributed by atoms with E-state index in [4.69, 9.17) is 0 Å². The van der Waals surface area contributed by atoms with Crippen LogP contribution in [0.1, 0.15) is 77.7 Å². The average Bonchev–Trinajstić information content (AvgIpc) is 2.65. The molecule has 164 valence electrons. The Morgan fingerprint density at radius 2 is 1.41 bits per heavy atom. The van der Waals surface area contributed by atoms with Gasteiger partial charge in [0.1, 0.15) is 5.75 Å². The van der Waals surface area contributed by atoms with Crippen molar-refractivity contribution in [3.63, 3.8) is 0 Å². The number of guanidine groups is 2. The predicted octanol–water partition coefficient (Wildman–Crippen LogP) is 4.69. The number of rotatable bonds is 11. The van der Waals surface area contributed by atoms with Gasteiger partial charge >= 0.3 is 0 Å². The van der Waals surface area contributed by atoms with Gasteiger partial charge in [0.25, 0.3) is 0 Å². The van der Waals surface area contributed by atoms with E-state index < -0.39 is 5.66 Å². The molecule has 7 heteroatoms. The number of hydrogen-bond acceptors (Lipinski definition) is 6. The minimum atomic E-state index is -0.496. The fourth-order valence-corrected chi connectivity index (χ4v) is 3.17. The summed E-state index contributed by atoms with van der Waals surface area (Å²) in [6, 6.07) is 7.17. The Balaban J connectivity index is 0.00000420. The molecule has 29 heavy (non-hydrogen) atoms. The molecule has 6 nitrogen and oxygen atoms in total. The van der Waals surface area contributed by atoms with E-state index in [0.29, 0.717) is 12.5 Å². The van der Waals surface area contributed by atoms with E-state index in [1.165, 1.54) is 44.9 Å². The highest BCUT2D eigenvalue weighted by molar-refractivity contribution is 6.00. The second-order valence-electron chi connectivity index (χ2n) is 7.96. The minimum Gasteiger partial charge on any atom is -0.508 e. The maximum atomic E-state index is 9.38. The van der Waals surface area contributed by atoms with Gasteiger partial charge in [-0.05, 0) is 38.0 Å². The first kappa shape index (κ1) is 25.1. The smallest absolute Gasteiger partial charge is 0.200 e. The van der Waals surface area contributed by atoms with Crippen LogP contribution in [0, 0.1) is 0 Å². The summed E-state index contributed by atoms with van der Waals surface area (Å²) in [6.07, 6.45) is 10.5. The molecule has 0 saturated carbocycles. The van der Waals surface area contributed by atoms with Crippen molar-refractivity contribution in [2.75, 3.05) is 6.54 Å². The Labute approximate surface area is 182 Å². The van der Waals surface area contributed by atoms with Gasteiger partial charge < -0.3 is 15.7 Å². The third-order valence-corrected chi connectivity index (χ3v) is 4.73. The van der Waals surface area contributed by atoms with Crippen molar-refractivity contribution < 1.29 is 5.11 Å². The van der Waals surface area contributed by atoms with Crippen molar-refractivity contribution in [2.24, 2.45) is 9.98 Å². The molecule has 0 spiro atoms. The summed E-state index contributed by atoms with van der Waals surface area (Å²) in [7, 11) is 0. The molecular formula is C22H38ClN5O. The van der Waals surface area contributed by atoms with Crippen LogP contribution in [0.4, 0.5) is 0 Å². The Bertz CT molecular complexity index is 643. The fraction of sp³-hybridized carbons (Fsp3) is 0.636. The summed E-state index contributed by atoms with van der Waals surface area (Å²) in [6.45, 7) is 7.80. The highest BCUT2D eigenvalue weighted by atomic mass is 35.5. The van der Waals surface area contributed by atoms with E-state index >= 15 is 0 Å². The van der Waals surface area contributed by atoms with Gasteiger partial charge in [0.05, 0.1) is 0 Å². The lowest BCUT2D eigenvalue weighted by Gasteiger charge is -2.26. The number of nitrogens with one attached hydrogen (secondary N) is 3. The molecule has 0 aliphatic carbocycles. The van der Waals surface area contributed by atoms with Gasteiger partial charge in [-0.2, -0.15) is 0 Å². The van der Waals surface area contributed by atoms with Crippen LogP contribution in [0.25, 0.3) is 0 Å². The Hall–Kier alpha value is -1.95. The third kappa shape index (κ3) is 10.4. The molecule has 2 rings (SSSR count). The third-order valence-electron chi connectivity index (χ3n) is 4.73. The summed E-state index contributed by atoms with van der Waals surface area (Å²) >= 11 is 0. The van der Waals surface area contributed by atoms with Crippen molar-refractivity contribution in [1.29, 1.82) is 0 Å². The van der Waals surface area contributed by atoms with Crippen molar-refractivity contribution in [3.05, 3.63) is 29.8 Å². The lowest BCUT2D eigenvalue weighted by Crippen LogP contribution is -2.51. The van der Waals surface area contributed by atoms with E-state index in [1.54, 1.807) is 12.1 Å². The first-order valence-electron chi connectivity index (χ1n) is 10.7. The largest absolute Gasteiger partial charge is 0.508 e. The van der Waals surface area contributed by atoms with E-state index in [1.807, 2.05) is 26.0 Å². The number of benzene rings is 1. The molecule has 0 radical (unpaired) electrons. The number of aliphatic imine (C=N–C) groups is 2. The number of phenolic OH excluding ortho intramolecular Hbond substituents is 1. The zero-order valence-electron chi connectivity index (χ0n) is 18.1. The molecule has 0 unspecified atom stereocenters. The van der Waals surface area contributed by atoms with Gasteiger partial charge in [0.15, 0.2) is 5.66 Å². The van der Waals surface area contributed by atoms with Crippen LogP contribution < -0.4 is 16.0 Å². The molecular weight excluding hydrogens is 386 g/mol. The van der Waals surface area contributed by atoms with Gasteiger partial charge in [-0.3, -0.25) is 5.32 Å². The molecule has 1 heterocycles. The summed E-state index contributed by atoms with van der Waals surface area (Å²) in [5, 5.41) is 19.3. The molecule has 0 fully saturated rings. The zero-order valence-corrected chi connectivity index (χ0v) is 18.9. The first-order valence-corrected chi connectivity index (χ1v) is 10.7. The number of nitrogens with zero attached hydrogens (tertiary/aromatic N) is 2. The van der Waals surface area contributed by atoms with Crippen LogP contribution >= 0.6 is 12.4 Å². The number of hydrogen-bond donors (Lipinski definition) is 4. The topological polar surface area (TPSA) is 81.0 Å². The second kappa shape index (κ2) is 13.3. The predicted molar refractivity (Wildman–Crippen MR) is 125 cm³/mol. The number of halogens is 1. The summed E-state index contributed by atoms with van der Waals surface area (Å²) in [5.41, 5.74) is 0.584. The Kier molecular flexibility index (Phi) is 11.5. The van der Waals surface area contributed by atoms with Crippen molar-refractivity contribution >= 4 is 24.3 Å². The Morgan fingerprint density at radius 3 is 2.03 bits per heavy atom. The lowest BCUT2D eigenvalue weighted by atomic mass is 10.1. The zero-order chi connectivity index (χ0) is 20.2. The van der Waals surface area contributed by atoms with Crippen molar-refractivity contribution in [3.8, 4) is 5.75 Å². The SMILES string of the molecule is CCCCCCCCCCNC1=NC(C)(C)N=C(NCc2ccc(O)cc2)N1.Cl. The molecule has 0 atom stereocenters. The summed E-state index contributed by atoms with van der Waals surface area (Å²) in [4.78, 5) is 9.24. The van der Waals surface area contributed by atoms with Gasteiger partial charge in [0.2, 0.25) is 11.9 Å². The highest BCUT2D eigenvalue weighted by Gasteiger charge is 2.22. The van der Waals surface area contributed by atoms with E-state index in [0.717, 1.165) is 24.5 Å². The molecule has 1 aliphatic heterocycles. The van der Waals surface area contributed by atoms with Gasteiger partial charge in [0, 0.05) is 13.1 Å². The molecule has 0 amide bonds. The molecule has 1 aliphatic rings. The van der Waals surface area contributed by atoms with Crippen LogP contribution in [-0.4, -0.2) is 29.2 Å². The monoisotopic (exact) mass is 423 g/mol. The second-order valence-corrected chi connectivity index (χ2v) is 7.96. The normalized spacial score (nSPS) is 14.9. The molecule has 1 aromatic rings. The van der Waals surface area contributed by atoms with E-state index in [2.05, 4.69) is 32.9 Å². The maximum Gasteiger partial charge on any atom is 0.200 e. The lowest BCUT2D eigenvalue weighted by molar-refractivity contribution is 0.475. The first-order chi connectivity index (χ1) is 13.5. The molecule has 0 saturated heterocycles. The van der Waals surface area contributed by atoms with Gasteiger partial charge in [-0.25, -0.2) is 9.98 Å². The summed E-state index contributed by atoms with van der Waals surface area (Å²) < 4.78 is 0. The van der Waals surface area contributed by atoms with Gasteiger partial charge in [-0.1, -0.05) is 64.0 Å². The molecule has 1 aromatic carbocycles.